The van der Waals surface area contributed by atoms with Crippen LogP contribution >= 0.6 is 0 Å². The van der Waals surface area contributed by atoms with Crippen molar-refractivity contribution >= 4 is 11.8 Å². The Bertz CT molecular complexity index is 866. The predicted molar refractivity (Wildman–Crippen MR) is 104 cm³/mol. The molecule has 1 unspecified atom stereocenters. The van der Waals surface area contributed by atoms with Crippen molar-refractivity contribution in [2.45, 2.75) is 39.3 Å². The second-order valence-corrected chi connectivity index (χ2v) is 7.93. The smallest absolute Gasteiger partial charge is 0.410 e. The summed E-state index contributed by atoms with van der Waals surface area (Å²) in [6, 6.07) is 5.85. The van der Waals surface area contributed by atoms with Crippen LogP contribution in [0.3, 0.4) is 0 Å². The highest BCUT2D eigenvalue weighted by atomic mass is 16.6. The molecule has 0 bridgehead atoms. The van der Waals surface area contributed by atoms with Crippen molar-refractivity contribution in [3.8, 4) is 11.5 Å². The highest BCUT2D eigenvalue weighted by Gasteiger charge is 2.29. The van der Waals surface area contributed by atoms with Crippen LogP contribution in [0.15, 0.2) is 28.7 Å². The fraction of sp³-hybridized carbons (Fsp3) is 0.526. The van der Waals surface area contributed by atoms with Gasteiger partial charge in [-0.2, -0.15) is 0 Å². The van der Waals surface area contributed by atoms with Gasteiger partial charge in [0, 0.05) is 43.9 Å². The maximum atomic E-state index is 12.2. The van der Waals surface area contributed by atoms with Crippen molar-refractivity contribution in [3.05, 3.63) is 40.3 Å². The van der Waals surface area contributed by atoms with Crippen molar-refractivity contribution in [3.63, 3.8) is 0 Å². The first-order valence-corrected chi connectivity index (χ1v) is 9.44. The Kier molecular flexibility index (Phi) is 5.83. The summed E-state index contributed by atoms with van der Waals surface area (Å²) in [6.45, 7) is 9.96. The van der Waals surface area contributed by atoms with Gasteiger partial charge in [0.1, 0.15) is 5.60 Å². The van der Waals surface area contributed by atoms with Crippen LogP contribution in [0.5, 0.6) is 0 Å². The minimum atomic E-state index is -0.514. The van der Waals surface area contributed by atoms with Gasteiger partial charge >= 0.3 is 6.09 Å². The summed E-state index contributed by atoms with van der Waals surface area (Å²) in [4.78, 5) is 26.4. The first-order valence-electron chi connectivity index (χ1n) is 9.44. The van der Waals surface area contributed by atoms with Crippen molar-refractivity contribution in [1.29, 1.82) is 0 Å². The molecular formula is C19H25N5O5. The van der Waals surface area contributed by atoms with Gasteiger partial charge in [-0.15, -0.1) is 10.2 Å². The number of amides is 1. The topological polar surface area (TPSA) is 115 Å². The molecule has 1 fully saturated rings. The molecule has 1 aromatic carbocycles. The number of nitro groups is 1. The lowest BCUT2D eigenvalue weighted by Gasteiger charge is -2.37. The van der Waals surface area contributed by atoms with Crippen LogP contribution in [0.25, 0.3) is 11.5 Å². The molecule has 2 aromatic rings. The minimum absolute atomic E-state index is 0.00437. The van der Waals surface area contributed by atoms with Gasteiger partial charge in [-0.25, -0.2) is 4.79 Å². The number of benzene rings is 1. The minimum Gasteiger partial charge on any atom is -0.444 e. The molecule has 1 aliphatic rings. The molecule has 0 saturated carbocycles. The number of rotatable bonds is 4. The summed E-state index contributed by atoms with van der Waals surface area (Å²) in [6.07, 6.45) is -0.303. The lowest BCUT2D eigenvalue weighted by Crippen LogP contribution is -2.50. The SMILES string of the molecule is CC(c1nnc(-c2ccc([N+](=O)[O-])cc2)o1)N1CCN(C(=O)OC(C)(C)C)CC1. The first-order chi connectivity index (χ1) is 13.6. The van der Waals surface area contributed by atoms with Gasteiger partial charge in [-0.1, -0.05) is 0 Å². The van der Waals surface area contributed by atoms with Crippen molar-refractivity contribution < 1.29 is 18.9 Å². The molecule has 0 aliphatic carbocycles. The number of non-ortho nitro benzene ring substituents is 1. The van der Waals surface area contributed by atoms with Gasteiger partial charge < -0.3 is 14.1 Å². The van der Waals surface area contributed by atoms with E-state index in [9.17, 15) is 14.9 Å². The van der Waals surface area contributed by atoms with E-state index in [1.54, 1.807) is 17.0 Å². The average Bonchev–Trinajstić information content (AvgIpc) is 3.16. The van der Waals surface area contributed by atoms with Crippen LogP contribution in [0.1, 0.15) is 39.6 Å². The summed E-state index contributed by atoms with van der Waals surface area (Å²) in [7, 11) is 0. The second kappa shape index (κ2) is 8.16. The van der Waals surface area contributed by atoms with Crippen LogP contribution in [0.2, 0.25) is 0 Å². The van der Waals surface area contributed by atoms with Crippen molar-refractivity contribution in [2.75, 3.05) is 26.2 Å². The van der Waals surface area contributed by atoms with E-state index >= 15 is 0 Å². The number of carbonyl (C=O) groups is 1. The van der Waals surface area contributed by atoms with E-state index < -0.39 is 10.5 Å². The maximum absolute atomic E-state index is 12.2. The fourth-order valence-electron chi connectivity index (χ4n) is 3.02. The van der Waals surface area contributed by atoms with Gasteiger partial charge in [-0.3, -0.25) is 15.0 Å². The third-order valence-electron chi connectivity index (χ3n) is 4.64. The molecule has 156 valence electrons. The summed E-state index contributed by atoms with van der Waals surface area (Å²) >= 11 is 0. The Balaban J connectivity index is 1.60. The predicted octanol–water partition coefficient (Wildman–Crippen LogP) is 3.26. The van der Waals surface area contributed by atoms with Crippen LogP contribution in [0, 0.1) is 10.1 Å². The number of piperazine rings is 1. The Morgan fingerprint density at radius 3 is 2.34 bits per heavy atom. The van der Waals surface area contributed by atoms with Gasteiger partial charge in [0.2, 0.25) is 11.8 Å². The molecule has 1 amide bonds. The third kappa shape index (κ3) is 5.08. The summed E-state index contributed by atoms with van der Waals surface area (Å²) in [5.74, 6) is 0.776. The zero-order chi connectivity index (χ0) is 21.2. The van der Waals surface area contributed by atoms with Crippen molar-refractivity contribution in [1.82, 2.24) is 20.0 Å². The summed E-state index contributed by atoms with van der Waals surface area (Å²) in [5, 5.41) is 19.0. The monoisotopic (exact) mass is 403 g/mol. The lowest BCUT2D eigenvalue weighted by molar-refractivity contribution is -0.384. The second-order valence-electron chi connectivity index (χ2n) is 7.93. The van der Waals surface area contributed by atoms with Gasteiger partial charge in [0.05, 0.1) is 11.0 Å². The number of hydrogen-bond acceptors (Lipinski definition) is 8. The van der Waals surface area contributed by atoms with E-state index in [2.05, 4.69) is 15.1 Å². The lowest BCUT2D eigenvalue weighted by atomic mass is 10.2. The molecular weight excluding hydrogens is 378 g/mol. The highest BCUT2D eigenvalue weighted by molar-refractivity contribution is 5.68. The number of hydrogen-bond donors (Lipinski definition) is 0. The largest absolute Gasteiger partial charge is 0.444 e. The van der Waals surface area contributed by atoms with E-state index in [1.807, 2.05) is 27.7 Å². The van der Waals surface area contributed by atoms with Crippen molar-refractivity contribution in [2.24, 2.45) is 0 Å². The number of aromatic nitrogens is 2. The number of carbonyl (C=O) groups excluding carboxylic acids is 1. The zero-order valence-electron chi connectivity index (χ0n) is 17.0. The standard InChI is InChI=1S/C19H25N5O5/c1-13(22-9-11-23(12-10-22)18(25)29-19(2,3)4)16-20-21-17(28-16)14-5-7-15(8-6-14)24(26)27/h5-8,13H,9-12H2,1-4H3. The zero-order valence-corrected chi connectivity index (χ0v) is 17.0. The quantitative estimate of drug-likeness (QED) is 0.564. The highest BCUT2D eigenvalue weighted by Crippen LogP contribution is 2.26. The number of nitro benzene ring substituents is 1. The number of nitrogens with zero attached hydrogens (tertiary/aromatic N) is 5. The van der Waals surface area contributed by atoms with Crippen LogP contribution < -0.4 is 0 Å². The normalized spacial score (nSPS) is 16.5. The third-order valence-corrected chi connectivity index (χ3v) is 4.64. The Hall–Kier alpha value is -3.01. The van der Waals surface area contributed by atoms with E-state index in [0.717, 1.165) is 0 Å². The Morgan fingerprint density at radius 1 is 1.17 bits per heavy atom. The molecule has 1 atom stereocenters. The van der Waals surface area contributed by atoms with Crippen LogP contribution in [-0.2, 0) is 4.74 Å². The molecule has 29 heavy (non-hydrogen) atoms. The molecule has 10 nitrogen and oxygen atoms in total. The Morgan fingerprint density at radius 2 is 1.79 bits per heavy atom. The molecule has 1 saturated heterocycles. The molecule has 0 spiro atoms. The van der Waals surface area contributed by atoms with Crippen LogP contribution in [0.4, 0.5) is 10.5 Å². The molecule has 1 aliphatic heterocycles. The number of ether oxygens (including phenoxy) is 1. The maximum Gasteiger partial charge on any atom is 0.410 e. The van der Waals surface area contributed by atoms with Crippen LogP contribution in [-0.4, -0.2) is 62.8 Å². The molecule has 3 rings (SSSR count). The van der Waals surface area contributed by atoms with Gasteiger partial charge in [0.15, 0.2) is 0 Å². The average molecular weight is 403 g/mol. The summed E-state index contributed by atoms with van der Waals surface area (Å²) < 4.78 is 11.2. The Labute approximate surface area is 168 Å². The molecule has 0 N–H and O–H groups in total. The summed E-state index contributed by atoms with van der Waals surface area (Å²) in [5.41, 5.74) is 0.112. The van der Waals surface area contributed by atoms with E-state index in [0.29, 0.717) is 43.5 Å². The fourth-order valence-corrected chi connectivity index (χ4v) is 3.02. The molecule has 0 radical (unpaired) electrons. The van der Waals surface area contributed by atoms with Gasteiger partial charge in [-0.05, 0) is 39.8 Å². The van der Waals surface area contributed by atoms with E-state index in [1.165, 1.54) is 12.1 Å². The molecule has 10 heteroatoms. The van der Waals surface area contributed by atoms with Gasteiger partial charge in [0.25, 0.3) is 5.69 Å². The molecule has 2 heterocycles. The van der Waals surface area contributed by atoms with E-state index in [4.69, 9.17) is 9.15 Å². The van der Waals surface area contributed by atoms with E-state index in [-0.39, 0.29) is 17.8 Å². The molecule has 1 aromatic heterocycles. The first kappa shape index (κ1) is 20.7.